The Balaban J connectivity index is 1.69. The Hall–Kier alpha value is -1.71. The number of halogens is 1. The number of thioether (sulfide) groups is 1. The van der Waals surface area contributed by atoms with Crippen LogP contribution in [0.5, 0.6) is 0 Å². The molecule has 0 aromatic heterocycles. The molecular formula is C20H23BrN2O4S2. The summed E-state index contributed by atoms with van der Waals surface area (Å²) in [5.74, 6) is -1.00. The van der Waals surface area contributed by atoms with E-state index in [0.29, 0.717) is 41.6 Å². The van der Waals surface area contributed by atoms with Crippen molar-refractivity contribution in [1.82, 2.24) is 10.2 Å². The fraction of sp³-hybridized carbons (Fsp3) is 0.400. The van der Waals surface area contributed by atoms with Crippen LogP contribution >= 0.6 is 39.9 Å². The maximum Gasteiger partial charge on any atom is 0.303 e. The highest BCUT2D eigenvalue weighted by atomic mass is 79.9. The highest BCUT2D eigenvalue weighted by Gasteiger charge is 2.31. The van der Waals surface area contributed by atoms with Gasteiger partial charge in [-0.25, -0.2) is 0 Å². The Morgan fingerprint density at radius 1 is 1.21 bits per heavy atom. The van der Waals surface area contributed by atoms with Crippen LogP contribution in [0.15, 0.2) is 33.6 Å². The Morgan fingerprint density at radius 3 is 2.72 bits per heavy atom. The van der Waals surface area contributed by atoms with Gasteiger partial charge >= 0.3 is 5.97 Å². The molecule has 2 rings (SSSR count). The molecule has 1 aliphatic rings. The van der Waals surface area contributed by atoms with Crippen molar-refractivity contribution in [3.8, 4) is 0 Å². The number of carboxylic acid groups (broad SMARTS) is 1. The summed E-state index contributed by atoms with van der Waals surface area (Å²) in [6.45, 7) is 0.923. The highest BCUT2D eigenvalue weighted by Crippen LogP contribution is 2.33. The second-order valence-electron chi connectivity index (χ2n) is 6.55. The predicted octanol–water partition coefficient (Wildman–Crippen LogP) is 4.19. The molecular weight excluding hydrogens is 476 g/mol. The number of carboxylic acids is 1. The average molecular weight is 499 g/mol. The van der Waals surface area contributed by atoms with Crippen molar-refractivity contribution in [3.05, 3.63) is 39.2 Å². The number of amides is 2. The molecule has 156 valence electrons. The van der Waals surface area contributed by atoms with Gasteiger partial charge in [-0.1, -0.05) is 58.5 Å². The maximum absolute atomic E-state index is 12.6. The van der Waals surface area contributed by atoms with Crippen LogP contribution in [0.4, 0.5) is 0 Å². The molecule has 0 bridgehead atoms. The zero-order valence-corrected chi connectivity index (χ0v) is 19.1. The zero-order valence-electron chi connectivity index (χ0n) is 15.9. The van der Waals surface area contributed by atoms with E-state index < -0.39 is 5.97 Å². The molecule has 1 aromatic carbocycles. The Labute approximate surface area is 188 Å². The van der Waals surface area contributed by atoms with E-state index in [4.69, 9.17) is 17.3 Å². The minimum absolute atomic E-state index is 0.0556. The number of benzene rings is 1. The van der Waals surface area contributed by atoms with E-state index in [1.807, 2.05) is 30.3 Å². The first-order chi connectivity index (χ1) is 13.9. The molecule has 2 amide bonds. The highest BCUT2D eigenvalue weighted by molar-refractivity contribution is 9.10. The molecule has 0 saturated carbocycles. The first kappa shape index (κ1) is 23.6. The minimum atomic E-state index is -0.860. The maximum atomic E-state index is 12.6. The lowest BCUT2D eigenvalue weighted by atomic mass is 10.1. The van der Waals surface area contributed by atoms with Crippen molar-refractivity contribution in [2.45, 2.75) is 38.5 Å². The van der Waals surface area contributed by atoms with Crippen LogP contribution < -0.4 is 5.32 Å². The molecule has 0 spiro atoms. The van der Waals surface area contributed by atoms with Crippen LogP contribution in [0.1, 0.15) is 44.1 Å². The van der Waals surface area contributed by atoms with Gasteiger partial charge in [0.1, 0.15) is 4.32 Å². The van der Waals surface area contributed by atoms with E-state index in [0.717, 1.165) is 22.9 Å². The smallest absolute Gasteiger partial charge is 0.303 e. The van der Waals surface area contributed by atoms with E-state index in [2.05, 4.69) is 21.2 Å². The van der Waals surface area contributed by atoms with Crippen LogP contribution in [-0.4, -0.2) is 45.2 Å². The van der Waals surface area contributed by atoms with Crippen LogP contribution in [0.25, 0.3) is 6.08 Å². The molecule has 1 aromatic rings. The monoisotopic (exact) mass is 498 g/mol. The van der Waals surface area contributed by atoms with Crippen LogP contribution in [0.2, 0.25) is 0 Å². The molecule has 1 aliphatic heterocycles. The molecule has 29 heavy (non-hydrogen) atoms. The van der Waals surface area contributed by atoms with Crippen molar-refractivity contribution in [1.29, 1.82) is 0 Å². The van der Waals surface area contributed by atoms with Crippen molar-refractivity contribution in [2.75, 3.05) is 13.1 Å². The lowest BCUT2D eigenvalue weighted by Gasteiger charge is -2.14. The van der Waals surface area contributed by atoms with Crippen LogP contribution in [0, 0.1) is 0 Å². The summed E-state index contributed by atoms with van der Waals surface area (Å²) in [5, 5.41) is 11.3. The Bertz CT molecular complexity index is 813. The van der Waals surface area contributed by atoms with Crippen molar-refractivity contribution in [3.63, 3.8) is 0 Å². The first-order valence-electron chi connectivity index (χ1n) is 9.36. The number of rotatable bonds is 11. The van der Waals surface area contributed by atoms with Gasteiger partial charge in [-0.2, -0.15) is 0 Å². The molecule has 1 fully saturated rings. The average Bonchev–Trinajstić information content (AvgIpc) is 2.92. The molecule has 1 saturated heterocycles. The second-order valence-corrected chi connectivity index (χ2v) is 9.14. The van der Waals surface area contributed by atoms with Crippen LogP contribution in [-0.2, 0) is 14.4 Å². The van der Waals surface area contributed by atoms with Gasteiger partial charge in [-0.05, 0) is 43.0 Å². The summed E-state index contributed by atoms with van der Waals surface area (Å²) < 4.78 is 1.51. The Kier molecular flexibility index (Phi) is 9.83. The third-order valence-corrected chi connectivity index (χ3v) is 6.07. The largest absolute Gasteiger partial charge is 0.481 e. The topological polar surface area (TPSA) is 86.7 Å². The quantitative estimate of drug-likeness (QED) is 0.270. The standard InChI is InChI=1S/C20H23BrN2O4S2/c21-15-7-4-6-14(12-15)13-16-19(27)23(20(28)29-16)11-3-1-2-8-17(24)22-10-5-9-18(25)26/h4,6-7,12-13H,1-3,5,8-11H2,(H,22,24)(H,25,26)/b16-13-. The van der Waals surface area contributed by atoms with Crippen molar-refractivity contribution >= 4 is 68.1 Å². The van der Waals surface area contributed by atoms with E-state index >= 15 is 0 Å². The number of hydrogen-bond donors (Lipinski definition) is 2. The third-order valence-electron chi connectivity index (χ3n) is 4.20. The number of aliphatic carboxylic acids is 1. The van der Waals surface area contributed by atoms with Gasteiger partial charge in [-0.3, -0.25) is 19.3 Å². The SMILES string of the molecule is O=C(O)CCCNC(=O)CCCCCN1C(=O)/C(=C/c2cccc(Br)c2)SC1=S. The molecule has 0 unspecified atom stereocenters. The van der Waals surface area contributed by atoms with Gasteiger partial charge in [0.25, 0.3) is 5.91 Å². The van der Waals surface area contributed by atoms with E-state index in [9.17, 15) is 14.4 Å². The van der Waals surface area contributed by atoms with Gasteiger partial charge < -0.3 is 10.4 Å². The van der Waals surface area contributed by atoms with Crippen molar-refractivity contribution in [2.24, 2.45) is 0 Å². The number of nitrogens with one attached hydrogen (secondary N) is 1. The molecule has 2 N–H and O–H groups in total. The summed E-state index contributed by atoms with van der Waals surface area (Å²) in [5.41, 5.74) is 0.939. The summed E-state index contributed by atoms with van der Waals surface area (Å²) in [4.78, 5) is 36.9. The predicted molar refractivity (Wildman–Crippen MR) is 122 cm³/mol. The van der Waals surface area contributed by atoms with Gasteiger partial charge in [0.15, 0.2) is 0 Å². The van der Waals surface area contributed by atoms with Gasteiger partial charge in [0.2, 0.25) is 5.91 Å². The molecule has 0 atom stereocenters. The molecule has 6 nitrogen and oxygen atoms in total. The molecule has 1 heterocycles. The normalized spacial score (nSPS) is 15.2. The molecule has 0 radical (unpaired) electrons. The third kappa shape index (κ3) is 8.28. The number of carbonyl (C=O) groups excluding carboxylic acids is 2. The lowest BCUT2D eigenvalue weighted by Crippen LogP contribution is -2.29. The summed E-state index contributed by atoms with van der Waals surface area (Å²) in [6.07, 6.45) is 5.02. The minimum Gasteiger partial charge on any atom is -0.481 e. The second kappa shape index (κ2) is 12.1. The van der Waals surface area contributed by atoms with Gasteiger partial charge in [0.05, 0.1) is 4.91 Å². The first-order valence-corrected chi connectivity index (χ1v) is 11.4. The molecule has 0 aliphatic carbocycles. The fourth-order valence-electron chi connectivity index (χ4n) is 2.73. The summed E-state index contributed by atoms with van der Waals surface area (Å²) >= 11 is 10.1. The van der Waals surface area contributed by atoms with Gasteiger partial charge in [-0.15, -0.1) is 0 Å². The van der Waals surface area contributed by atoms with Crippen LogP contribution in [0.3, 0.4) is 0 Å². The number of unbranched alkanes of at least 4 members (excludes halogenated alkanes) is 2. The van der Waals surface area contributed by atoms with Gasteiger partial charge in [0, 0.05) is 30.4 Å². The molecule has 9 heteroatoms. The van der Waals surface area contributed by atoms with E-state index in [-0.39, 0.29) is 18.2 Å². The van der Waals surface area contributed by atoms with Crippen molar-refractivity contribution < 1.29 is 19.5 Å². The Morgan fingerprint density at radius 2 is 2.00 bits per heavy atom. The number of carbonyl (C=O) groups is 3. The number of thiocarbonyl (C=S) groups is 1. The fourth-order valence-corrected chi connectivity index (χ4v) is 4.45. The zero-order chi connectivity index (χ0) is 21.2. The summed E-state index contributed by atoms with van der Waals surface area (Å²) in [6, 6.07) is 7.72. The lowest BCUT2D eigenvalue weighted by molar-refractivity contribution is -0.137. The summed E-state index contributed by atoms with van der Waals surface area (Å²) in [7, 11) is 0. The van der Waals surface area contributed by atoms with E-state index in [1.165, 1.54) is 11.8 Å². The van der Waals surface area contributed by atoms with E-state index in [1.54, 1.807) is 4.90 Å². The number of hydrogen-bond acceptors (Lipinski definition) is 5. The number of nitrogens with zero attached hydrogens (tertiary/aromatic N) is 1.